The van der Waals surface area contributed by atoms with Gasteiger partial charge >= 0.3 is 0 Å². The predicted octanol–water partition coefficient (Wildman–Crippen LogP) is 4.59. The van der Waals surface area contributed by atoms with E-state index < -0.39 is 23.6 Å². The first-order valence-corrected chi connectivity index (χ1v) is 9.04. The topological polar surface area (TPSA) is 88.1 Å². The van der Waals surface area contributed by atoms with Crippen molar-refractivity contribution >= 4 is 17.5 Å². The molecule has 0 saturated heterocycles. The van der Waals surface area contributed by atoms with Gasteiger partial charge in [0.15, 0.2) is 11.6 Å². The lowest BCUT2D eigenvalue weighted by atomic mass is 10.0. The van der Waals surface area contributed by atoms with Crippen LogP contribution in [0.2, 0.25) is 5.02 Å². The molecule has 2 atom stereocenters. The molecule has 0 radical (unpaired) electrons. The second-order valence-corrected chi connectivity index (χ2v) is 6.74. The fourth-order valence-electron chi connectivity index (χ4n) is 2.81. The third-order valence-corrected chi connectivity index (χ3v) is 4.43. The van der Waals surface area contributed by atoms with Crippen LogP contribution < -0.4 is 15.8 Å². The van der Waals surface area contributed by atoms with Crippen molar-refractivity contribution in [1.29, 1.82) is 5.26 Å². The second-order valence-electron chi connectivity index (χ2n) is 6.33. The van der Waals surface area contributed by atoms with Gasteiger partial charge in [-0.3, -0.25) is 4.79 Å². The molecule has 0 aliphatic heterocycles. The van der Waals surface area contributed by atoms with Gasteiger partial charge in [0.25, 0.3) is 0 Å². The minimum absolute atomic E-state index is 0.0116. The highest BCUT2D eigenvalue weighted by Crippen LogP contribution is 2.37. The number of benzene rings is 2. The highest BCUT2D eigenvalue weighted by Gasteiger charge is 2.22. The van der Waals surface area contributed by atoms with E-state index in [-0.39, 0.29) is 34.5 Å². The van der Waals surface area contributed by atoms with Gasteiger partial charge in [-0.05, 0) is 31.5 Å². The summed E-state index contributed by atoms with van der Waals surface area (Å²) in [6.07, 6.45) is 0.645. The molecular formula is C20H20ClF2N3O2. The molecule has 3 N–H and O–H groups in total. The van der Waals surface area contributed by atoms with Gasteiger partial charge in [0, 0.05) is 30.1 Å². The molecule has 0 saturated carbocycles. The molecule has 0 unspecified atom stereocenters. The first-order valence-electron chi connectivity index (χ1n) is 8.66. The average Bonchev–Trinajstić information content (AvgIpc) is 2.63. The largest absolute Gasteiger partial charge is 0.453 e. The van der Waals surface area contributed by atoms with Crippen LogP contribution in [0.3, 0.4) is 0 Å². The fourth-order valence-corrected chi connectivity index (χ4v) is 2.99. The predicted molar refractivity (Wildman–Crippen MR) is 102 cm³/mol. The van der Waals surface area contributed by atoms with Crippen LogP contribution in [-0.4, -0.2) is 11.9 Å². The fraction of sp³-hybridized carbons (Fsp3) is 0.300. The maximum absolute atomic E-state index is 15.1. The highest BCUT2D eigenvalue weighted by atomic mass is 35.5. The lowest BCUT2D eigenvalue weighted by Crippen LogP contribution is -2.34. The van der Waals surface area contributed by atoms with Crippen molar-refractivity contribution < 1.29 is 18.3 Å². The average molecular weight is 408 g/mol. The Morgan fingerprint density at radius 1 is 1.36 bits per heavy atom. The summed E-state index contributed by atoms with van der Waals surface area (Å²) in [6, 6.07) is 7.63. The summed E-state index contributed by atoms with van der Waals surface area (Å²) in [5.41, 5.74) is 5.35. The van der Waals surface area contributed by atoms with E-state index in [9.17, 15) is 9.18 Å². The molecule has 2 aromatic carbocycles. The van der Waals surface area contributed by atoms with Crippen molar-refractivity contribution in [3.8, 4) is 17.6 Å². The molecule has 8 heteroatoms. The van der Waals surface area contributed by atoms with Gasteiger partial charge in [-0.25, -0.2) is 8.78 Å². The Kier molecular flexibility index (Phi) is 7.32. The number of halogens is 3. The van der Waals surface area contributed by atoms with Gasteiger partial charge < -0.3 is 15.8 Å². The van der Waals surface area contributed by atoms with Gasteiger partial charge in [-0.1, -0.05) is 24.6 Å². The van der Waals surface area contributed by atoms with Crippen molar-refractivity contribution in [3.63, 3.8) is 0 Å². The summed E-state index contributed by atoms with van der Waals surface area (Å²) in [6.45, 7) is 3.64. The summed E-state index contributed by atoms with van der Waals surface area (Å²) >= 11 is 6.08. The summed E-state index contributed by atoms with van der Waals surface area (Å²) in [5, 5.41) is 12.0. The third kappa shape index (κ3) is 5.18. The summed E-state index contributed by atoms with van der Waals surface area (Å²) in [5.74, 6) is -2.16. The van der Waals surface area contributed by atoms with Gasteiger partial charge in [0.05, 0.1) is 10.6 Å². The zero-order chi connectivity index (χ0) is 20.8. The van der Waals surface area contributed by atoms with Gasteiger partial charge in [0.1, 0.15) is 17.6 Å². The normalized spacial score (nSPS) is 12.9. The number of carbonyl (C=O) groups excluding carboxylic acids is 1. The summed E-state index contributed by atoms with van der Waals surface area (Å²) in [7, 11) is 0. The van der Waals surface area contributed by atoms with Crippen LogP contribution in [0.5, 0.6) is 11.5 Å². The van der Waals surface area contributed by atoms with Crippen LogP contribution in [0, 0.1) is 23.0 Å². The van der Waals surface area contributed by atoms with Crippen molar-refractivity contribution in [1.82, 2.24) is 5.32 Å². The number of amides is 1. The molecule has 0 bridgehead atoms. The van der Waals surface area contributed by atoms with Gasteiger partial charge in [-0.2, -0.15) is 5.26 Å². The number of nitriles is 1. The Hall–Kier alpha value is -2.69. The molecule has 0 fully saturated rings. The Balaban J connectivity index is 2.33. The Bertz CT molecular complexity index is 915. The van der Waals surface area contributed by atoms with E-state index in [0.29, 0.717) is 12.0 Å². The van der Waals surface area contributed by atoms with Crippen LogP contribution >= 0.6 is 11.6 Å². The maximum Gasteiger partial charge on any atom is 0.218 e. The minimum Gasteiger partial charge on any atom is -0.453 e. The standard InChI is InChI=1S/C20H20ClF2N3O2/c1-3-17(26-11(2)8-18(25)27)14-6-7-15(21)20(19(14)23)28-13-5-4-12(10-24)16(22)9-13/h4-7,9,11,17,26H,3,8H2,1-2H3,(H2,25,27)/t11-,17-/m1/s1. The Morgan fingerprint density at radius 3 is 2.64 bits per heavy atom. The van der Waals surface area contributed by atoms with Crippen molar-refractivity contribution in [2.24, 2.45) is 5.73 Å². The first kappa shape index (κ1) is 21.6. The quantitative estimate of drug-likeness (QED) is 0.670. The van der Waals surface area contributed by atoms with Crippen LogP contribution in [0.15, 0.2) is 30.3 Å². The molecule has 0 aliphatic rings. The third-order valence-electron chi connectivity index (χ3n) is 4.14. The summed E-state index contributed by atoms with van der Waals surface area (Å²) in [4.78, 5) is 11.1. The van der Waals surface area contributed by atoms with Gasteiger partial charge in [-0.15, -0.1) is 0 Å². The number of primary amides is 1. The molecule has 1 amide bonds. The molecule has 0 aliphatic carbocycles. The van der Waals surface area contributed by atoms with E-state index in [2.05, 4.69) is 5.32 Å². The molecule has 28 heavy (non-hydrogen) atoms. The molecule has 5 nitrogen and oxygen atoms in total. The zero-order valence-electron chi connectivity index (χ0n) is 15.4. The smallest absolute Gasteiger partial charge is 0.218 e. The molecule has 2 rings (SSSR count). The first-order chi connectivity index (χ1) is 13.3. The molecule has 0 aromatic heterocycles. The zero-order valence-corrected chi connectivity index (χ0v) is 16.2. The number of nitrogens with two attached hydrogens (primary N) is 1. The number of hydrogen-bond donors (Lipinski definition) is 2. The molecule has 148 valence electrons. The van der Waals surface area contributed by atoms with E-state index in [4.69, 9.17) is 27.3 Å². The molecule has 0 spiro atoms. The second kappa shape index (κ2) is 9.49. The van der Waals surface area contributed by atoms with E-state index in [0.717, 1.165) is 6.07 Å². The van der Waals surface area contributed by atoms with Crippen molar-refractivity contribution in [2.75, 3.05) is 0 Å². The number of rotatable bonds is 8. The summed E-state index contributed by atoms with van der Waals surface area (Å²) < 4.78 is 34.4. The SMILES string of the molecule is CC[C@@H](N[C@H](C)CC(N)=O)c1ccc(Cl)c(Oc2ccc(C#N)c(F)c2)c1F. The van der Waals surface area contributed by atoms with E-state index in [1.807, 2.05) is 6.92 Å². The molecule has 2 aromatic rings. The van der Waals surface area contributed by atoms with Crippen LogP contribution in [0.4, 0.5) is 8.78 Å². The Morgan fingerprint density at radius 2 is 2.07 bits per heavy atom. The lowest BCUT2D eigenvalue weighted by molar-refractivity contribution is -0.118. The number of ether oxygens (including phenoxy) is 1. The van der Waals surface area contributed by atoms with Crippen LogP contribution in [0.25, 0.3) is 0 Å². The van der Waals surface area contributed by atoms with E-state index in [1.54, 1.807) is 13.0 Å². The monoisotopic (exact) mass is 407 g/mol. The van der Waals surface area contributed by atoms with Crippen LogP contribution in [-0.2, 0) is 4.79 Å². The minimum atomic E-state index is -0.777. The Labute approximate surface area is 167 Å². The van der Waals surface area contributed by atoms with E-state index >= 15 is 4.39 Å². The van der Waals surface area contributed by atoms with Crippen LogP contribution in [0.1, 0.15) is 43.9 Å². The number of nitrogens with zero attached hydrogens (tertiary/aromatic N) is 1. The maximum atomic E-state index is 15.1. The highest BCUT2D eigenvalue weighted by molar-refractivity contribution is 6.32. The van der Waals surface area contributed by atoms with E-state index in [1.165, 1.54) is 24.3 Å². The molecular weight excluding hydrogens is 388 g/mol. The number of hydrogen-bond acceptors (Lipinski definition) is 4. The van der Waals surface area contributed by atoms with Crippen molar-refractivity contribution in [3.05, 3.63) is 58.1 Å². The number of carbonyl (C=O) groups is 1. The lowest BCUT2D eigenvalue weighted by Gasteiger charge is -2.23. The molecule has 0 heterocycles. The van der Waals surface area contributed by atoms with Gasteiger partial charge in [0.2, 0.25) is 5.91 Å². The number of nitrogens with one attached hydrogen (secondary N) is 1. The van der Waals surface area contributed by atoms with Crippen molar-refractivity contribution in [2.45, 2.75) is 38.8 Å².